The molecule has 0 amide bonds. The minimum Gasteiger partial charge on any atom is -0.383 e. The van der Waals surface area contributed by atoms with E-state index in [9.17, 15) is 0 Å². The van der Waals surface area contributed by atoms with Gasteiger partial charge in [0.1, 0.15) is 0 Å². The molecule has 6 heteroatoms. The Balaban J connectivity index is 1.71. The van der Waals surface area contributed by atoms with Crippen molar-refractivity contribution < 1.29 is 4.74 Å². The van der Waals surface area contributed by atoms with Crippen LogP contribution >= 0.6 is 0 Å². The predicted octanol–water partition coefficient (Wildman–Crippen LogP) is 2.73. The standard InChI is InChI=1S/C20H35N5O/c1-5-21-20(24-13-17-8-6-7-9-18(17)14-24)22-12-19-15(2)23-25(16(19)3)10-11-26-4/h17-18H,5-14H2,1-4H3,(H,21,22). The second-order valence-corrected chi connectivity index (χ2v) is 7.75. The number of ether oxygens (including phenoxy) is 1. The summed E-state index contributed by atoms with van der Waals surface area (Å²) in [6.45, 7) is 11.8. The molecule has 6 nitrogen and oxygen atoms in total. The van der Waals surface area contributed by atoms with Crippen molar-refractivity contribution in [2.45, 2.75) is 59.5 Å². The van der Waals surface area contributed by atoms with Gasteiger partial charge in [-0.1, -0.05) is 12.8 Å². The third kappa shape index (κ3) is 4.22. The number of aryl methyl sites for hydroxylation is 1. The molecule has 0 spiro atoms. The van der Waals surface area contributed by atoms with Crippen molar-refractivity contribution in [2.24, 2.45) is 16.8 Å². The van der Waals surface area contributed by atoms with Crippen molar-refractivity contribution in [1.82, 2.24) is 20.0 Å². The van der Waals surface area contributed by atoms with Crippen molar-refractivity contribution >= 4 is 5.96 Å². The Morgan fingerprint density at radius 2 is 1.92 bits per heavy atom. The Bertz CT molecular complexity index is 610. The van der Waals surface area contributed by atoms with Gasteiger partial charge in [-0.05, 0) is 45.4 Å². The van der Waals surface area contributed by atoms with Crippen LogP contribution in [0.3, 0.4) is 0 Å². The molecular formula is C20H35N5O. The molecule has 2 aliphatic rings. The van der Waals surface area contributed by atoms with E-state index in [2.05, 4.69) is 36.1 Å². The van der Waals surface area contributed by atoms with Gasteiger partial charge in [-0.25, -0.2) is 4.99 Å². The molecule has 1 aromatic heterocycles. The molecule has 1 saturated heterocycles. The molecule has 1 aliphatic heterocycles. The summed E-state index contributed by atoms with van der Waals surface area (Å²) in [5.41, 5.74) is 3.52. The molecular weight excluding hydrogens is 326 g/mol. The minimum absolute atomic E-state index is 0.684. The summed E-state index contributed by atoms with van der Waals surface area (Å²) in [5.74, 6) is 2.81. The van der Waals surface area contributed by atoms with Crippen LogP contribution < -0.4 is 5.32 Å². The van der Waals surface area contributed by atoms with Crippen LogP contribution in [0.15, 0.2) is 4.99 Å². The zero-order valence-corrected chi connectivity index (χ0v) is 16.9. The molecule has 3 rings (SSSR count). The van der Waals surface area contributed by atoms with Crippen molar-refractivity contribution in [3.63, 3.8) is 0 Å². The Morgan fingerprint density at radius 1 is 1.23 bits per heavy atom. The average Bonchev–Trinajstić information content (AvgIpc) is 3.18. The Kier molecular flexibility index (Phi) is 6.57. The van der Waals surface area contributed by atoms with E-state index in [1.54, 1.807) is 7.11 Å². The number of rotatable bonds is 6. The normalized spacial score (nSPS) is 23.4. The summed E-state index contributed by atoms with van der Waals surface area (Å²) >= 11 is 0. The van der Waals surface area contributed by atoms with Gasteiger partial charge in [0.2, 0.25) is 0 Å². The third-order valence-corrected chi connectivity index (χ3v) is 6.04. The number of nitrogens with zero attached hydrogens (tertiary/aromatic N) is 4. The molecule has 26 heavy (non-hydrogen) atoms. The second-order valence-electron chi connectivity index (χ2n) is 7.75. The number of nitrogens with one attached hydrogen (secondary N) is 1. The van der Waals surface area contributed by atoms with Crippen molar-refractivity contribution in [3.8, 4) is 0 Å². The molecule has 1 saturated carbocycles. The van der Waals surface area contributed by atoms with E-state index < -0.39 is 0 Å². The molecule has 0 radical (unpaired) electrons. The van der Waals surface area contributed by atoms with Gasteiger partial charge in [0.05, 0.1) is 25.4 Å². The molecule has 0 bridgehead atoms. The van der Waals surface area contributed by atoms with Gasteiger partial charge in [0.15, 0.2) is 5.96 Å². The van der Waals surface area contributed by atoms with Gasteiger partial charge in [0.25, 0.3) is 0 Å². The van der Waals surface area contributed by atoms with E-state index in [1.165, 1.54) is 50.0 Å². The van der Waals surface area contributed by atoms with Crippen molar-refractivity contribution in [3.05, 3.63) is 17.0 Å². The van der Waals surface area contributed by atoms with Crippen molar-refractivity contribution in [2.75, 3.05) is 33.4 Å². The van der Waals surface area contributed by atoms with Crippen LogP contribution in [0.5, 0.6) is 0 Å². The monoisotopic (exact) mass is 361 g/mol. The number of likely N-dealkylation sites (tertiary alicyclic amines) is 1. The first kappa shape index (κ1) is 19.2. The van der Waals surface area contributed by atoms with Crippen molar-refractivity contribution in [1.29, 1.82) is 0 Å². The molecule has 2 unspecified atom stereocenters. The molecule has 2 fully saturated rings. The van der Waals surface area contributed by atoms with Crippen LogP contribution in [0.1, 0.15) is 49.6 Å². The summed E-state index contributed by atoms with van der Waals surface area (Å²) in [7, 11) is 1.73. The van der Waals surface area contributed by atoms with Gasteiger partial charge in [-0.2, -0.15) is 5.10 Å². The van der Waals surface area contributed by atoms with Crippen LogP contribution in [0.4, 0.5) is 0 Å². The molecule has 1 aromatic rings. The average molecular weight is 362 g/mol. The Hall–Kier alpha value is -1.56. The van der Waals surface area contributed by atoms with Gasteiger partial charge >= 0.3 is 0 Å². The number of aliphatic imine (C=N–C) groups is 1. The first-order chi connectivity index (χ1) is 12.6. The van der Waals surface area contributed by atoms with E-state index >= 15 is 0 Å². The number of guanidine groups is 1. The van der Waals surface area contributed by atoms with Gasteiger partial charge in [-0.3, -0.25) is 4.68 Å². The summed E-state index contributed by atoms with van der Waals surface area (Å²) in [6, 6.07) is 0. The van der Waals surface area contributed by atoms with Gasteiger partial charge in [0, 0.05) is 38.0 Å². The molecule has 146 valence electrons. The molecule has 2 heterocycles. The Labute approximate surface area is 158 Å². The first-order valence-corrected chi connectivity index (χ1v) is 10.2. The lowest BCUT2D eigenvalue weighted by Crippen LogP contribution is -2.40. The highest BCUT2D eigenvalue weighted by Gasteiger charge is 2.35. The number of aromatic nitrogens is 2. The van der Waals surface area contributed by atoms with E-state index in [4.69, 9.17) is 9.73 Å². The fraction of sp³-hybridized carbons (Fsp3) is 0.800. The van der Waals surface area contributed by atoms with Crippen LogP contribution in [-0.2, 0) is 17.8 Å². The van der Waals surface area contributed by atoms with E-state index in [0.717, 1.165) is 36.6 Å². The maximum absolute atomic E-state index is 5.19. The zero-order valence-electron chi connectivity index (χ0n) is 16.9. The third-order valence-electron chi connectivity index (χ3n) is 6.04. The quantitative estimate of drug-likeness (QED) is 0.625. The maximum Gasteiger partial charge on any atom is 0.194 e. The van der Waals surface area contributed by atoms with Gasteiger partial charge in [-0.15, -0.1) is 0 Å². The smallest absolute Gasteiger partial charge is 0.194 e. The first-order valence-electron chi connectivity index (χ1n) is 10.2. The molecule has 1 aliphatic carbocycles. The van der Waals surface area contributed by atoms with E-state index in [0.29, 0.717) is 13.2 Å². The summed E-state index contributed by atoms with van der Waals surface area (Å²) in [6.07, 6.45) is 5.60. The summed E-state index contributed by atoms with van der Waals surface area (Å²) in [4.78, 5) is 7.48. The lowest BCUT2D eigenvalue weighted by atomic mass is 9.82. The molecule has 2 atom stereocenters. The molecule has 0 aromatic carbocycles. The molecule has 1 N–H and O–H groups in total. The lowest BCUT2D eigenvalue weighted by Gasteiger charge is -2.22. The Morgan fingerprint density at radius 3 is 2.54 bits per heavy atom. The maximum atomic E-state index is 5.19. The largest absolute Gasteiger partial charge is 0.383 e. The van der Waals surface area contributed by atoms with Crippen LogP contribution in [-0.4, -0.2) is 54.0 Å². The van der Waals surface area contributed by atoms with E-state index in [1.807, 2.05) is 4.68 Å². The summed E-state index contributed by atoms with van der Waals surface area (Å²) in [5, 5.41) is 8.17. The topological polar surface area (TPSA) is 54.7 Å². The number of hydrogen-bond donors (Lipinski definition) is 1. The van der Waals surface area contributed by atoms with Crippen LogP contribution in [0.2, 0.25) is 0 Å². The highest BCUT2D eigenvalue weighted by Crippen LogP contribution is 2.36. The van der Waals surface area contributed by atoms with Crippen LogP contribution in [0.25, 0.3) is 0 Å². The number of hydrogen-bond acceptors (Lipinski definition) is 3. The minimum atomic E-state index is 0.684. The number of methoxy groups -OCH3 is 1. The summed E-state index contributed by atoms with van der Waals surface area (Å²) < 4.78 is 7.23. The SMILES string of the molecule is CCNC(=NCc1c(C)nn(CCOC)c1C)N1CC2CCCCC2C1. The highest BCUT2D eigenvalue weighted by atomic mass is 16.5. The second kappa shape index (κ2) is 8.89. The fourth-order valence-corrected chi connectivity index (χ4v) is 4.52. The fourth-order valence-electron chi connectivity index (χ4n) is 4.52. The van der Waals surface area contributed by atoms with E-state index in [-0.39, 0.29) is 0 Å². The zero-order chi connectivity index (χ0) is 18.5. The highest BCUT2D eigenvalue weighted by molar-refractivity contribution is 5.80. The van der Waals surface area contributed by atoms with Gasteiger partial charge < -0.3 is 15.0 Å². The predicted molar refractivity (Wildman–Crippen MR) is 105 cm³/mol. The number of fused-ring (bicyclic) bond motifs is 1. The lowest BCUT2D eigenvalue weighted by molar-refractivity contribution is 0.182. The van der Waals surface area contributed by atoms with Crippen LogP contribution in [0, 0.1) is 25.7 Å².